The summed E-state index contributed by atoms with van der Waals surface area (Å²) < 4.78 is 2.20. The van der Waals surface area contributed by atoms with E-state index in [2.05, 4.69) is 64.1 Å². The van der Waals surface area contributed by atoms with E-state index >= 15 is 0 Å². The van der Waals surface area contributed by atoms with Gasteiger partial charge in [0.05, 0.1) is 5.69 Å². The van der Waals surface area contributed by atoms with Gasteiger partial charge in [0.2, 0.25) is 0 Å². The summed E-state index contributed by atoms with van der Waals surface area (Å²) >= 11 is 1.67. The Balaban J connectivity index is 1.42. The smallest absolute Gasteiger partial charge is 0.190 e. The molecule has 0 saturated carbocycles. The molecule has 1 saturated heterocycles. The van der Waals surface area contributed by atoms with Gasteiger partial charge >= 0.3 is 0 Å². The van der Waals surface area contributed by atoms with Crippen molar-refractivity contribution in [3.63, 3.8) is 0 Å². The molecule has 0 atom stereocenters. The first-order chi connectivity index (χ1) is 13.6. The Morgan fingerprint density at radius 1 is 0.857 bits per heavy atom. The first kappa shape index (κ1) is 18.6. The van der Waals surface area contributed by atoms with Crippen molar-refractivity contribution in [2.75, 3.05) is 36.0 Å². The number of phenols is 1. The van der Waals surface area contributed by atoms with E-state index in [-0.39, 0.29) is 0 Å². The minimum absolute atomic E-state index is 0.314. The lowest BCUT2D eigenvalue weighted by molar-refractivity contribution is 0.475. The minimum Gasteiger partial charge on any atom is -0.508 e. The third-order valence-corrected chi connectivity index (χ3v) is 5.88. The van der Waals surface area contributed by atoms with Crippen molar-refractivity contribution < 1.29 is 5.11 Å². The van der Waals surface area contributed by atoms with Crippen LogP contribution in [0.3, 0.4) is 0 Å². The summed E-state index contributed by atoms with van der Waals surface area (Å²) in [5, 5.41) is 11.5. The Labute approximate surface area is 169 Å². The number of nitrogens with zero attached hydrogens (tertiary/aromatic N) is 4. The van der Waals surface area contributed by atoms with Crippen LogP contribution in [0.25, 0.3) is 0 Å². The molecular weight excluding hydrogens is 368 g/mol. The second-order valence-corrected chi connectivity index (χ2v) is 8.18. The maximum atomic E-state index is 9.46. The summed E-state index contributed by atoms with van der Waals surface area (Å²) in [6, 6.07) is 16.4. The zero-order chi connectivity index (χ0) is 19.5. The number of piperazine rings is 1. The number of rotatable bonds is 4. The highest BCUT2D eigenvalue weighted by atomic mass is 32.1. The van der Waals surface area contributed by atoms with Gasteiger partial charge in [0.1, 0.15) is 5.75 Å². The SMILES string of the molecule is CC(C)n1ccsc1=Nc1ccc(N2CCN(c3ccc(O)cc3)CC2)cc1. The van der Waals surface area contributed by atoms with Gasteiger partial charge < -0.3 is 19.5 Å². The molecule has 2 aromatic carbocycles. The Bertz CT molecular complexity index is 965. The van der Waals surface area contributed by atoms with Crippen LogP contribution in [0.2, 0.25) is 0 Å². The molecule has 5 nitrogen and oxygen atoms in total. The molecular formula is C22H26N4OS. The van der Waals surface area contributed by atoms with Crippen LogP contribution in [-0.2, 0) is 0 Å². The fraction of sp³-hybridized carbons (Fsp3) is 0.318. The maximum absolute atomic E-state index is 9.46. The van der Waals surface area contributed by atoms with Crippen LogP contribution in [0.1, 0.15) is 19.9 Å². The second-order valence-electron chi connectivity index (χ2n) is 7.31. The molecule has 0 spiro atoms. The normalized spacial score (nSPS) is 15.5. The van der Waals surface area contributed by atoms with Crippen molar-refractivity contribution in [2.24, 2.45) is 4.99 Å². The number of aromatic hydroxyl groups is 1. The molecule has 0 amide bonds. The highest BCUT2D eigenvalue weighted by Gasteiger charge is 2.17. The first-order valence-corrected chi connectivity index (χ1v) is 10.6. The third kappa shape index (κ3) is 4.07. The lowest BCUT2D eigenvalue weighted by atomic mass is 10.2. The van der Waals surface area contributed by atoms with E-state index < -0.39 is 0 Å². The van der Waals surface area contributed by atoms with Crippen LogP contribution in [0.15, 0.2) is 65.1 Å². The maximum Gasteiger partial charge on any atom is 0.190 e. The average molecular weight is 395 g/mol. The summed E-state index contributed by atoms with van der Waals surface area (Å²) in [6.07, 6.45) is 2.09. The average Bonchev–Trinajstić information content (AvgIpc) is 3.18. The zero-order valence-corrected chi connectivity index (χ0v) is 17.1. The number of thiazole rings is 1. The van der Waals surface area contributed by atoms with Gasteiger partial charge in [-0.3, -0.25) is 0 Å². The van der Waals surface area contributed by atoms with Crippen LogP contribution in [0.5, 0.6) is 5.75 Å². The highest BCUT2D eigenvalue weighted by molar-refractivity contribution is 7.07. The molecule has 0 radical (unpaired) electrons. The number of phenolic OH excluding ortho intramolecular Hbond substituents is 1. The fourth-order valence-electron chi connectivity index (χ4n) is 3.49. The van der Waals surface area contributed by atoms with Gasteiger partial charge in [-0.1, -0.05) is 0 Å². The van der Waals surface area contributed by atoms with Crippen LogP contribution in [0, 0.1) is 0 Å². The number of hydrogen-bond donors (Lipinski definition) is 1. The molecule has 2 heterocycles. The zero-order valence-electron chi connectivity index (χ0n) is 16.3. The molecule has 1 fully saturated rings. The van der Waals surface area contributed by atoms with Gasteiger partial charge in [-0.25, -0.2) is 4.99 Å². The molecule has 1 aliphatic heterocycles. The monoisotopic (exact) mass is 394 g/mol. The summed E-state index contributed by atoms with van der Waals surface area (Å²) in [7, 11) is 0. The molecule has 6 heteroatoms. The van der Waals surface area contributed by atoms with Gasteiger partial charge in [-0.2, -0.15) is 0 Å². The standard InChI is InChI=1S/C22H26N4OS/c1-17(2)26-15-16-28-22(26)23-18-3-5-19(6-4-18)24-11-13-25(14-12-24)20-7-9-21(27)10-8-20/h3-10,15-17,27H,11-14H2,1-2H3. The van der Waals surface area contributed by atoms with E-state index in [4.69, 9.17) is 4.99 Å². The Morgan fingerprint density at radius 3 is 1.93 bits per heavy atom. The van der Waals surface area contributed by atoms with Gasteiger partial charge in [-0.15, -0.1) is 11.3 Å². The van der Waals surface area contributed by atoms with E-state index in [1.54, 1.807) is 23.5 Å². The van der Waals surface area contributed by atoms with Crippen LogP contribution < -0.4 is 14.6 Å². The Hall–Kier alpha value is -2.73. The van der Waals surface area contributed by atoms with Crippen LogP contribution in [0.4, 0.5) is 17.1 Å². The van der Waals surface area contributed by atoms with E-state index in [1.807, 2.05) is 12.1 Å². The van der Waals surface area contributed by atoms with Crippen molar-refractivity contribution in [1.29, 1.82) is 0 Å². The molecule has 3 aromatic rings. The summed E-state index contributed by atoms with van der Waals surface area (Å²) in [5.41, 5.74) is 3.40. The molecule has 0 unspecified atom stereocenters. The van der Waals surface area contributed by atoms with Crippen molar-refractivity contribution in [1.82, 2.24) is 4.57 Å². The summed E-state index contributed by atoms with van der Waals surface area (Å²) in [4.78, 5) is 10.6. The van der Waals surface area contributed by atoms with Gasteiger partial charge in [0, 0.05) is 55.2 Å². The van der Waals surface area contributed by atoms with Crippen molar-refractivity contribution >= 4 is 28.4 Å². The third-order valence-electron chi connectivity index (χ3n) is 5.11. The minimum atomic E-state index is 0.314. The van der Waals surface area contributed by atoms with E-state index in [0.29, 0.717) is 11.8 Å². The Morgan fingerprint density at radius 2 is 1.39 bits per heavy atom. The van der Waals surface area contributed by atoms with Gasteiger partial charge in [-0.05, 0) is 62.4 Å². The predicted molar refractivity (Wildman–Crippen MR) is 117 cm³/mol. The van der Waals surface area contributed by atoms with Crippen molar-refractivity contribution in [3.8, 4) is 5.75 Å². The molecule has 1 aromatic heterocycles. The molecule has 146 valence electrons. The largest absolute Gasteiger partial charge is 0.508 e. The van der Waals surface area contributed by atoms with E-state index in [9.17, 15) is 5.11 Å². The first-order valence-electron chi connectivity index (χ1n) is 9.69. The second kappa shape index (κ2) is 8.10. The van der Waals surface area contributed by atoms with E-state index in [1.165, 1.54) is 11.4 Å². The molecule has 0 bridgehead atoms. The van der Waals surface area contributed by atoms with Crippen LogP contribution in [-0.4, -0.2) is 35.9 Å². The number of aromatic nitrogens is 1. The predicted octanol–water partition coefficient (Wildman–Crippen LogP) is 4.40. The lowest BCUT2D eigenvalue weighted by Gasteiger charge is -2.37. The summed E-state index contributed by atoms with van der Waals surface area (Å²) in [6.45, 7) is 8.26. The quantitative estimate of drug-likeness (QED) is 0.713. The van der Waals surface area contributed by atoms with Crippen molar-refractivity contribution in [2.45, 2.75) is 19.9 Å². The lowest BCUT2D eigenvalue weighted by Crippen LogP contribution is -2.46. The molecule has 1 N–H and O–H groups in total. The molecule has 1 aliphatic rings. The highest BCUT2D eigenvalue weighted by Crippen LogP contribution is 2.24. The van der Waals surface area contributed by atoms with Crippen molar-refractivity contribution in [3.05, 3.63) is 64.9 Å². The number of anilines is 2. The fourth-order valence-corrected chi connectivity index (χ4v) is 4.36. The number of benzene rings is 2. The van der Waals surface area contributed by atoms with Gasteiger partial charge in [0.15, 0.2) is 4.80 Å². The molecule has 0 aliphatic carbocycles. The molecule has 28 heavy (non-hydrogen) atoms. The number of hydrogen-bond acceptors (Lipinski definition) is 5. The summed E-state index contributed by atoms with van der Waals surface area (Å²) in [5.74, 6) is 0.314. The van der Waals surface area contributed by atoms with E-state index in [0.717, 1.165) is 36.7 Å². The Kier molecular flexibility index (Phi) is 5.39. The molecule has 4 rings (SSSR count). The topological polar surface area (TPSA) is 44.0 Å². The van der Waals surface area contributed by atoms with Gasteiger partial charge in [0.25, 0.3) is 0 Å². The van der Waals surface area contributed by atoms with Crippen LogP contribution >= 0.6 is 11.3 Å².